The standard InChI is InChI=1S/C21H39O4/c1-3-5-7-9-10-12-14-17-21(23)25-19-15-18-24-20(22)16-13-11-8-6-4-2/h15H,3-14,16-19H2,1-2H3. The van der Waals surface area contributed by atoms with E-state index in [9.17, 15) is 9.59 Å². The maximum Gasteiger partial charge on any atom is 0.305 e. The van der Waals surface area contributed by atoms with Crippen LogP contribution in [0.5, 0.6) is 0 Å². The number of ether oxygens (including phenoxy) is 2. The van der Waals surface area contributed by atoms with Gasteiger partial charge in [-0.3, -0.25) is 9.59 Å². The first-order chi connectivity index (χ1) is 12.2. The number of unbranched alkanes of at least 4 members (excludes halogenated alkanes) is 10. The van der Waals surface area contributed by atoms with Crippen LogP contribution in [0.4, 0.5) is 0 Å². The minimum Gasteiger partial charge on any atom is -0.465 e. The van der Waals surface area contributed by atoms with E-state index in [-0.39, 0.29) is 25.2 Å². The fourth-order valence-electron chi connectivity index (χ4n) is 2.60. The average molecular weight is 356 g/mol. The van der Waals surface area contributed by atoms with Crippen LogP contribution in [0.15, 0.2) is 0 Å². The van der Waals surface area contributed by atoms with Crippen molar-refractivity contribution in [3.05, 3.63) is 6.42 Å². The van der Waals surface area contributed by atoms with E-state index in [1.165, 1.54) is 51.4 Å². The summed E-state index contributed by atoms with van der Waals surface area (Å²) in [5.74, 6) is -0.325. The van der Waals surface area contributed by atoms with Gasteiger partial charge in [0, 0.05) is 19.3 Å². The highest BCUT2D eigenvalue weighted by Gasteiger charge is 2.05. The van der Waals surface area contributed by atoms with Crippen LogP contribution in [0.25, 0.3) is 0 Å². The summed E-state index contributed by atoms with van der Waals surface area (Å²) in [4.78, 5) is 23.0. The van der Waals surface area contributed by atoms with Crippen molar-refractivity contribution in [3.8, 4) is 0 Å². The molecule has 0 heterocycles. The molecule has 0 aliphatic rings. The second-order valence-corrected chi connectivity index (χ2v) is 6.69. The Labute approximate surface area is 155 Å². The van der Waals surface area contributed by atoms with Crippen LogP contribution >= 0.6 is 0 Å². The summed E-state index contributed by atoms with van der Waals surface area (Å²) < 4.78 is 10.2. The van der Waals surface area contributed by atoms with Gasteiger partial charge in [-0.2, -0.15) is 0 Å². The molecule has 0 bridgehead atoms. The van der Waals surface area contributed by atoms with E-state index in [1.807, 2.05) is 0 Å². The lowest BCUT2D eigenvalue weighted by Crippen LogP contribution is -2.11. The molecule has 147 valence electrons. The van der Waals surface area contributed by atoms with Crippen LogP contribution in [-0.4, -0.2) is 25.2 Å². The molecule has 0 saturated heterocycles. The first-order valence-corrected chi connectivity index (χ1v) is 10.3. The fraction of sp³-hybridized carbons (Fsp3) is 0.857. The summed E-state index contributed by atoms with van der Waals surface area (Å²) in [7, 11) is 0. The summed E-state index contributed by atoms with van der Waals surface area (Å²) in [6.45, 7) is 4.83. The Kier molecular flexibility index (Phi) is 18.5. The highest BCUT2D eigenvalue weighted by atomic mass is 16.5. The minimum absolute atomic E-state index is 0.160. The Morgan fingerprint density at radius 1 is 0.600 bits per heavy atom. The van der Waals surface area contributed by atoms with Crippen molar-refractivity contribution >= 4 is 11.9 Å². The van der Waals surface area contributed by atoms with Crippen LogP contribution in [0, 0.1) is 6.42 Å². The second kappa shape index (κ2) is 19.3. The summed E-state index contributed by atoms with van der Waals surface area (Å²) in [5, 5.41) is 0. The number of carbonyl (C=O) groups is 2. The van der Waals surface area contributed by atoms with E-state index >= 15 is 0 Å². The number of hydrogen-bond acceptors (Lipinski definition) is 4. The molecule has 4 nitrogen and oxygen atoms in total. The molecule has 0 aromatic rings. The maximum atomic E-state index is 11.6. The fourth-order valence-corrected chi connectivity index (χ4v) is 2.60. The van der Waals surface area contributed by atoms with Crippen molar-refractivity contribution in [3.63, 3.8) is 0 Å². The van der Waals surface area contributed by atoms with E-state index in [1.54, 1.807) is 6.42 Å². The van der Waals surface area contributed by atoms with Gasteiger partial charge < -0.3 is 9.47 Å². The summed E-state index contributed by atoms with van der Waals surface area (Å²) in [6, 6.07) is 0. The van der Waals surface area contributed by atoms with Gasteiger partial charge in [-0.25, -0.2) is 0 Å². The lowest BCUT2D eigenvalue weighted by Gasteiger charge is -2.06. The Bertz CT molecular complexity index is 315. The molecule has 0 atom stereocenters. The molecule has 1 radical (unpaired) electrons. The van der Waals surface area contributed by atoms with Gasteiger partial charge in [0.25, 0.3) is 0 Å². The van der Waals surface area contributed by atoms with E-state index in [0.29, 0.717) is 12.8 Å². The Morgan fingerprint density at radius 3 is 1.36 bits per heavy atom. The van der Waals surface area contributed by atoms with Gasteiger partial charge in [-0.15, -0.1) is 0 Å². The summed E-state index contributed by atoms with van der Waals surface area (Å²) >= 11 is 0. The van der Waals surface area contributed by atoms with Gasteiger partial charge in [0.1, 0.15) is 0 Å². The number of carbonyl (C=O) groups excluding carboxylic acids is 2. The third kappa shape index (κ3) is 19.1. The quantitative estimate of drug-likeness (QED) is 0.231. The van der Waals surface area contributed by atoms with Crippen molar-refractivity contribution in [1.82, 2.24) is 0 Å². The predicted molar refractivity (Wildman–Crippen MR) is 102 cm³/mol. The second-order valence-electron chi connectivity index (χ2n) is 6.69. The zero-order chi connectivity index (χ0) is 18.6. The summed E-state index contributed by atoms with van der Waals surface area (Å²) in [5.41, 5.74) is 0. The molecule has 25 heavy (non-hydrogen) atoms. The molecule has 0 unspecified atom stereocenters. The predicted octanol–water partition coefficient (Wildman–Crippen LogP) is 5.78. The molecule has 4 heteroatoms. The monoisotopic (exact) mass is 355 g/mol. The lowest BCUT2D eigenvalue weighted by molar-refractivity contribution is -0.144. The molecule has 0 rings (SSSR count). The third-order valence-electron chi connectivity index (χ3n) is 4.19. The Balaban J connectivity index is 3.29. The van der Waals surface area contributed by atoms with Crippen molar-refractivity contribution in [2.75, 3.05) is 13.2 Å². The molecule has 0 fully saturated rings. The first-order valence-electron chi connectivity index (χ1n) is 10.3. The van der Waals surface area contributed by atoms with Gasteiger partial charge in [-0.05, 0) is 12.8 Å². The van der Waals surface area contributed by atoms with E-state index in [4.69, 9.17) is 9.47 Å². The third-order valence-corrected chi connectivity index (χ3v) is 4.19. The SMILES string of the molecule is CCCCCCCCCC(=O)OC[CH]COC(=O)CCCCCCC. The Hall–Kier alpha value is -1.06. The largest absolute Gasteiger partial charge is 0.465 e. The topological polar surface area (TPSA) is 52.6 Å². The van der Waals surface area contributed by atoms with Gasteiger partial charge >= 0.3 is 11.9 Å². The minimum atomic E-state index is -0.165. The highest BCUT2D eigenvalue weighted by Crippen LogP contribution is 2.09. The summed E-state index contributed by atoms with van der Waals surface area (Å²) in [6.07, 6.45) is 16.6. The van der Waals surface area contributed by atoms with Crippen LogP contribution in [-0.2, 0) is 19.1 Å². The van der Waals surface area contributed by atoms with Crippen molar-refractivity contribution in [1.29, 1.82) is 0 Å². The maximum absolute atomic E-state index is 11.6. The highest BCUT2D eigenvalue weighted by molar-refractivity contribution is 5.69. The normalized spacial score (nSPS) is 10.6. The van der Waals surface area contributed by atoms with Gasteiger partial charge in [0.2, 0.25) is 0 Å². The van der Waals surface area contributed by atoms with Crippen LogP contribution < -0.4 is 0 Å². The molecule has 0 aliphatic carbocycles. The number of rotatable bonds is 18. The van der Waals surface area contributed by atoms with E-state index in [0.717, 1.165) is 25.7 Å². The molecule has 0 spiro atoms. The number of esters is 2. The average Bonchev–Trinajstić information content (AvgIpc) is 2.60. The zero-order valence-corrected chi connectivity index (χ0v) is 16.5. The molecule has 0 aromatic heterocycles. The van der Waals surface area contributed by atoms with Gasteiger partial charge in [0.05, 0.1) is 13.2 Å². The van der Waals surface area contributed by atoms with E-state index < -0.39 is 0 Å². The molecular formula is C21H39O4. The lowest BCUT2D eigenvalue weighted by atomic mass is 10.1. The first kappa shape index (κ1) is 23.9. The Morgan fingerprint density at radius 2 is 0.960 bits per heavy atom. The van der Waals surface area contributed by atoms with E-state index in [2.05, 4.69) is 13.8 Å². The molecule has 0 saturated carbocycles. The van der Waals surface area contributed by atoms with Crippen LogP contribution in [0.2, 0.25) is 0 Å². The van der Waals surface area contributed by atoms with Crippen molar-refractivity contribution in [2.45, 2.75) is 104 Å². The van der Waals surface area contributed by atoms with Gasteiger partial charge in [-0.1, -0.05) is 78.1 Å². The van der Waals surface area contributed by atoms with Crippen molar-refractivity contribution in [2.24, 2.45) is 0 Å². The van der Waals surface area contributed by atoms with Crippen LogP contribution in [0.1, 0.15) is 104 Å². The zero-order valence-electron chi connectivity index (χ0n) is 16.5. The molecule has 0 N–H and O–H groups in total. The molecule has 0 aliphatic heterocycles. The number of hydrogen-bond donors (Lipinski definition) is 0. The van der Waals surface area contributed by atoms with Gasteiger partial charge in [0.15, 0.2) is 0 Å². The van der Waals surface area contributed by atoms with Crippen molar-refractivity contribution < 1.29 is 19.1 Å². The smallest absolute Gasteiger partial charge is 0.305 e. The molecule has 0 amide bonds. The van der Waals surface area contributed by atoms with Crippen LogP contribution in [0.3, 0.4) is 0 Å². The molecular weight excluding hydrogens is 316 g/mol. The molecule has 0 aromatic carbocycles.